The number of hydrogen-bond acceptors (Lipinski definition) is 5. The van der Waals surface area contributed by atoms with Crippen molar-refractivity contribution in [2.75, 3.05) is 6.26 Å². The van der Waals surface area contributed by atoms with Gasteiger partial charge in [0.05, 0.1) is 0 Å². The number of hydrogen-bond donors (Lipinski definition) is 1. The van der Waals surface area contributed by atoms with Crippen LogP contribution < -0.4 is 5.32 Å². The highest BCUT2D eigenvalue weighted by molar-refractivity contribution is 8.13. The molecule has 0 bridgehead atoms. The standard InChI is InChI=1S/C9H12N4S2/c1-6-4-11-8(15-6)7(2)13-9(14-3)12-5-10/h4,7H,1-3H3,(H,12,13). The first-order valence-corrected chi connectivity index (χ1v) is 6.40. The summed E-state index contributed by atoms with van der Waals surface area (Å²) >= 11 is 3.05. The van der Waals surface area contributed by atoms with Crippen molar-refractivity contribution in [1.29, 1.82) is 5.26 Å². The van der Waals surface area contributed by atoms with Crippen molar-refractivity contribution < 1.29 is 0 Å². The van der Waals surface area contributed by atoms with Gasteiger partial charge in [0.1, 0.15) is 11.0 Å². The Morgan fingerprint density at radius 2 is 2.53 bits per heavy atom. The van der Waals surface area contributed by atoms with Gasteiger partial charge < -0.3 is 0 Å². The maximum atomic E-state index is 8.49. The SMILES string of the molecule is CSC(=NC(C)c1ncc(C)s1)NC#N. The molecule has 15 heavy (non-hydrogen) atoms. The van der Waals surface area contributed by atoms with Crippen molar-refractivity contribution in [2.24, 2.45) is 4.99 Å². The van der Waals surface area contributed by atoms with Gasteiger partial charge in [0.2, 0.25) is 0 Å². The van der Waals surface area contributed by atoms with Crippen molar-refractivity contribution in [3.8, 4) is 6.19 Å². The molecule has 1 aromatic rings. The number of nitrogens with zero attached hydrogens (tertiary/aromatic N) is 3. The highest BCUT2D eigenvalue weighted by Crippen LogP contribution is 2.22. The highest BCUT2D eigenvalue weighted by atomic mass is 32.2. The summed E-state index contributed by atoms with van der Waals surface area (Å²) in [5.74, 6) is 0. The first kappa shape index (κ1) is 12.0. The fourth-order valence-corrected chi connectivity index (χ4v) is 2.16. The molecule has 0 radical (unpaired) electrons. The van der Waals surface area contributed by atoms with Crippen molar-refractivity contribution in [1.82, 2.24) is 10.3 Å². The van der Waals surface area contributed by atoms with Crippen LogP contribution >= 0.6 is 23.1 Å². The van der Waals surface area contributed by atoms with E-state index in [9.17, 15) is 0 Å². The molecule has 1 aromatic heterocycles. The van der Waals surface area contributed by atoms with E-state index in [1.165, 1.54) is 16.6 Å². The molecule has 0 spiro atoms. The van der Waals surface area contributed by atoms with Crippen LogP contribution in [0.15, 0.2) is 11.2 Å². The minimum atomic E-state index is -0.00741. The third-order valence-corrected chi connectivity index (χ3v) is 3.34. The summed E-state index contributed by atoms with van der Waals surface area (Å²) < 4.78 is 0. The lowest BCUT2D eigenvalue weighted by Gasteiger charge is -2.04. The molecular weight excluding hydrogens is 228 g/mol. The third-order valence-electron chi connectivity index (χ3n) is 1.66. The Balaban J connectivity index is 2.77. The van der Waals surface area contributed by atoms with Gasteiger partial charge in [-0.2, -0.15) is 5.26 Å². The van der Waals surface area contributed by atoms with Gasteiger partial charge in [-0.1, -0.05) is 11.8 Å². The lowest BCUT2D eigenvalue weighted by molar-refractivity contribution is 0.807. The molecule has 0 aliphatic heterocycles. The normalized spacial score (nSPS) is 13.3. The predicted octanol–water partition coefficient (Wildman–Crippen LogP) is 2.30. The maximum Gasteiger partial charge on any atom is 0.183 e. The van der Waals surface area contributed by atoms with E-state index in [1.807, 2.05) is 32.5 Å². The molecule has 0 saturated carbocycles. The van der Waals surface area contributed by atoms with Crippen molar-refractivity contribution in [3.63, 3.8) is 0 Å². The van der Waals surface area contributed by atoms with Gasteiger partial charge in [0, 0.05) is 11.1 Å². The summed E-state index contributed by atoms with van der Waals surface area (Å²) in [6, 6.07) is -0.00741. The molecule has 0 aliphatic carbocycles. The van der Waals surface area contributed by atoms with E-state index in [-0.39, 0.29) is 6.04 Å². The molecule has 0 saturated heterocycles. The number of nitrogens with one attached hydrogen (secondary N) is 1. The molecule has 0 amide bonds. The fraction of sp³-hybridized carbons (Fsp3) is 0.444. The van der Waals surface area contributed by atoms with Crippen LogP contribution in [0.4, 0.5) is 0 Å². The predicted molar refractivity (Wildman–Crippen MR) is 65.0 cm³/mol. The van der Waals surface area contributed by atoms with Gasteiger partial charge in [-0.25, -0.2) is 4.98 Å². The van der Waals surface area contributed by atoms with E-state index in [4.69, 9.17) is 5.26 Å². The Kier molecular flexibility index (Phi) is 4.59. The summed E-state index contributed by atoms with van der Waals surface area (Å²) in [6.45, 7) is 3.98. The van der Waals surface area contributed by atoms with Crippen LogP contribution in [0.2, 0.25) is 0 Å². The number of thioether (sulfide) groups is 1. The number of rotatable bonds is 2. The molecule has 1 rings (SSSR count). The van der Waals surface area contributed by atoms with Gasteiger partial charge >= 0.3 is 0 Å². The zero-order valence-corrected chi connectivity index (χ0v) is 10.4. The van der Waals surface area contributed by atoms with Crippen LogP contribution in [-0.4, -0.2) is 16.4 Å². The van der Waals surface area contributed by atoms with E-state index in [0.717, 1.165) is 5.01 Å². The molecule has 1 heterocycles. The number of aryl methyl sites for hydroxylation is 1. The number of nitriles is 1. The van der Waals surface area contributed by atoms with Crippen molar-refractivity contribution in [2.45, 2.75) is 19.9 Å². The molecule has 0 fully saturated rings. The van der Waals surface area contributed by atoms with E-state index >= 15 is 0 Å². The van der Waals surface area contributed by atoms with Crippen LogP contribution in [0, 0.1) is 18.4 Å². The monoisotopic (exact) mass is 240 g/mol. The third kappa shape index (κ3) is 3.53. The molecular formula is C9H12N4S2. The Morgan fingerprint density at radius 1 is 1.80 bits per heavy atom. The van der Waals surface area contributed by atoms with Gasteiger partial charge in [-0.15, -0.1) is 11.3 Å². The lowest BCUT2D eigenvalue weighted by Crippen LogP contribution is -2.14. The van der Waals surface area contributed by atoms with Crippen LogP contribution in [0.3, 0.4) is 0 Å². The van der Waals surface area contributed by atoms with E-state index in [0.29, 0.717) is 5.17 Å². The van der Waals surface area contributed by atoms with Crippen LogP contribution in [0.1, 0.15) is 22.9 Å². The minimum Gasteiger partial charge on any atom is -0.272 e. The summed E-state index contributed by atoms with van der Waals surface area (Å²) in [7, 11) is 0. The quantitative estimate of drug-likeness (QED) is 0.373. The number of thiazole rings is 1. The summed E-state index contributed by atoms with van der Waals surface area (Å²) in [6.07, 6.45) is 5.58. The molecule has 0 aromatic carbocycles. The summed E-state index contributed by atoms with van der Waals surface area (Å²) in [5, 5.41) is 12.6. The maximum absolute atomic E-state index is 8.49. The van der Waals surface area contributed by atoms with E-state index in [2.05, 4.69) is 15.3 Å². The average molecular weight is 240 g/mol. The number of aromatic nitrogens is 1. The zero-order chi connectivity index (χ0) is 11.3. The first-order valence-electron chi connectivity index (χ1n) is 4.36. The van der Waals surface area contributed by atoms with E-state index in [1.54, 1.807) is 11.3 Å². The van der Waals surface area contributed by atoms with Gasteiger partial charge in [0.15, 0.2) is 11.4 Å². The summed E-state index contributed by atoms with van der Waals surface area (Å²) in [4.78, 5) is 9.79. The second-order valence-corrected chi connectivity index (χ2v) is 4.92. The topological polar surface area (TPSA) is 61.1 Å². The Bertz CT molecular complexity index is 391. The van der Waals surface area contributed by atoms with Crippen LogP contribution in [0.25, 0.3) is 0 Å². The molecule has 0 aliphatic rings. The number of amidine groups is 1. The minimum absolute atomic E-state index is 0.00741. The fourth-order valence-electron chi connectivity index (χ4n) is 0.980. The Labute approximate surface area is 97.4 Å². The average Bonchev–Trinajstić information content (AvgIpc) is 2.64. The Morgan fingerprint density at radius 3 is 3.00 bits per heavy atom. The molecule has 1 atom stereocenters. The largest absolute Gasteiger partial charge is 0.272 e. The van der Waals surface area contributed by atoms with Crippen molar-refractivity contribution >= 4 is 28.3 Å². The zero-order valence-electron chi connectivity index (χ0n) is 8.81. The summed E-state index contributed by atoms with van der Waals surface area (Å²) in [5.41, 5.74) is 0. The van der Waals surface area contributed by atoms with E-state index < -0.39 is 0 Å². The second-order valence-electron chi connectivity index (χ2n) is 2.86. The smallest absolute Gasteiger partial charge is 0.183 e. The second kappa shape index (κ2) is 5.73. The molecule has 6 heteroatoms. The highest BCUT2D eigenvalue weighted by Gasteiger charge is 2.09. The Hall–Kier alpha value is -1.06. The molecule has 1 unspecified atom stereocenters. The van der Waals surface area contributed by atoms with Gasteiger partial charge in [-0.05, 0) is 20.1 Å². The van der Waals surface area contributed by atoms with Gasteiger partial charge in [-0.3, -0.25) is 10.3 Å². The first-order chi connectivity index (χ1) is 7.17. The van der Waals surface area contributed by atoms with Crippen LogP contribution in [0.5, 0.6) is 0 Å². The van der Waals surface area contributed by atoms with Gasteiger partial charge in [0.25, 0.3) is 0 Å². The number of aliphatic imine (C=N–C) groups is 1. The molecule has 1 N–H and O–H groups in total. The van der Waals surface area contributed by atoms with Crippen molar-refractivity contribution in [3.05, 3.63) is 16.1 Å². The molecule has 80 valence electrons. The lowest BCUT2D eigenvalue weighted by atomic mass is 10.4. The molecule has 4 nitrogen and oxygen atoms in total. The van der Waals surface area contributed by atoms with Crippen LogP contribution in [-0.2, 0) is 0 Å².